The molecule has 3 aromatic heterocycles. The molecule has 0 aliphatic rings. The first-order valence-corrected chi connectivity index (χ1v) is 7.71. The molecule has 9 nitrogen and oxygen atoms in total. The van der Waals surface area contributed by atoms with E-state index in [4.69, 9.17) is 11.0 Å². The summed E-state index contributed by atoms with van der Waals surface area (Å²) in [5.41, 5.74) is -2.40. The van der Waals surface area contributed by atoms with Crippen molar-refractivity contribution in [2.75, 3.05) is 17.1 Å². The SMILES string of the molecule is [2H]C([2H])([2H])n1nc(C(C)(C)n2nccn2)cc1Nc1ncc(C(F)(F)F)c(NC([2H])([2H])C([2H])([2H])[2H])n1. The Labute approximate surface area is 170 Å². The number of rotatable bonds is 6. The minimum Gasteiger partial charge on any atom is -0.370 e. The lowest BCUT2D eigenvalue weighted by atomic mass is 10.0. The van der Waals surface area contributed by atoms with Crippen molar-refractivity contribution in [2.24, 2.45) is 6.98 Å². The Kier molecular flexibility index (Phi) is 2.94. The molecule has 0 saturated carbocycles. The van der Waals surface area contributed by atoms with Crippen LogP contribution in [-0.4, -0.2) is 41.2 Å². The van der Waals surface area contributed by atoms with Crippen LogP contribution in [0.25, 0.3) is 0 Å². The number of aromatic nitrogens is 7. The van der Waals surface area contributed by atoms with E-state index >= 15 is 0 Å². The molecule has 0 saturated heterocycles. The summed E-state index contributed by atoms with van der Waals surface area (Å²) in [6.07, 6.45) is -1.93. The van der Waals surface area contributed by atoms with E-state index in [0.717, 1.165) is 0 Å². The summed E-state index contributed by atoms with van der Waals surface area (Å²) >= 11 is 0. The molecule has 28 heavy (non-hydrogen) atoms. The molecule has 0 unspecified atom stereocenters. The van der Waals surface area contributed by atoms with E-state index in [0.29, 0.717) is 10.9 Å². The van der Waals surface area contributed by atoms with Crippen LogP contribution in [0.3, 0.4) is 0 Å². The maximum atomic E-state index is 13.5. The van der Waals surface area contributed by atoms with Crippen LogP contribution >= 0.6 is 0 Å². The third kappa shape index (κ3) is 3.75. The number of anilines is 3. The zero-order valence-electron chi connectivity index (χ0n) is 22.6. The maximum absolute atomic E-state index is 13.5. The standard InChI is InChI=1S/C16H20F3N9/c1-5-20-13-10(16(17,18)19)9-21-14(25-13)24-12-8-11(26-27(12)4)15(2,3)28-22-6-7-23-28/h6-9H,5H2,1-4H3,(H2,20,21,24,25)/i1D3,4D3,5D2. The van der Waals surface area contributed by atoms with Crippen molar-refractivity contribution in [3.63, 3.8) is 0 Å². The first-order chi connectivity index (χ1) is 16.2. The Hall–Kier alpha value is -3.18. The van der Waals surface area contributed by atoms with Gasteiger partial charge in [-0.15, -0.1) is 0 Å². The zero-order valence-corrected chi connectivity index (χ0v) is 14.6. The van der Waals surface area contributed by atoms with Gasteiger partial charge in [-0.2, -0.15) is 38.2 Å². The smallest absolute Gasteiger partial charge is 0.370 e. The first-order valence-electron chi connectivity index (χ1n) is 11.7. The van der Waals surface area contributed by atoms with Crippen molar-refractivity contribution in [1.29, 1.82) is 0 Å². The number of hydrogen-bond donors (Lipinski definition) is 2. The van der Waals surface area contributed by atoms with Gasteiger partial charge in [0.2, 0.25) is 5.95 Å². The van der Waals surface area contributed by atoms with Gasteiger partial charge in [-0.1, -0.05) is 0 Å². The first kappa shape index (κ1) is 11.6. The Bertz CT molecular complexity index is 1220. The van der Waals surface area contributed by atoms with Crippen LogP contribution in [0.2, 0.25) is 0 Å². The third-order valence-corrected chi connectivity index (χ3v) is 3.77. The summed E-state index contributed by atoms with van der Waals surface area (Å²) < 4.78 is 101. The number of nitrogens with one attached hydrogen (secondary N) is 2. The highest BCUT2D eigenvalue weighted by molar-refractivity contribution is 5.54. The van der Waals surface area contributed by atoms with Crippen LogP contribution in [0.5, 0.6) is 0 Å². The number of alkyl halides is 3. The van der Waals surface area contributed by atoms with Crippen LogP contribution in [0.4, 0.5) is 30.8 Å². The minimum absolute atomic E-state index is 0.168. The predicted molar refractivity (Wildman–Crippen MR) is 96.1 cm³/mol. The van der Waals surface area contributed by atoms with E-state index in [1.165, 1.54) is 23.3 Å². The van der Waals surface area contributed by atoms with Crippen LogP contribution < -0.4 is 10.6 Å². The van der Waals surface area contributed by atoms with Crippen molar-refractivity contribution >= 4 is 17.6 Å². The number of hydrogen-bond acceptors (Lipinski definition) is 7. The van der Waals surface area contributed by atoms with Gasteiger partial charge in [0.1, 0.15) is 22.7 Å². The predicted octanol–water partition coefficient (Wildman–Crippen LogP) is 2.78. The second-order valence-corrected chi connectivity index (χ2v) is 6.03. The lowest BCUT2D eigenvalue weighted by Gasteiger charge is -2.20. The van der Waals surface area contributed by atoms with Gasteiger partial charge in [0, 0.05) is 36.7 Å². The van der Waals surface area contributed by atoms with E-state index in [-0.39, 0.29) is 11.5 Å². The molecular formula is C16H20F3N9. The molecule has 0 amide bonds. The van der Waals surface area contributed by atoms with E-state index in [9.17, 15) is 13.2 Å². The van der Waals surface area contributed by atoms with E-state index < -0.39 is 49.4 Å². The number of aryl methyl sites for hydroxylation is 1. The van der Waals surface area contributed by atoms with Crippen LogP contribution in [0.1, 0.15) is 42.9 Å². The number of halogens is 3. The second-order valence-electron chi connectivity index (χ2n) is 6.03. The summed E-state index contributed by atoms with van der Waals surface area (Å²) in [6, 6.07) is 1.28. The Morgan fingerprint density at radius 3 is 2.64 bits per heavy atom. The average molecular weight is 403 g/mol. The molecule has 3 rings (SSSR count). The van der Waals surface area contributed by atoms with Crippen molar-refractivity contribution in [1.82, 2.24) is 34.7 Å². The maximum Gasteiger partial charge on any atom is 0.421 e. The topological polar surface area (TPSA) is 98.4 Å². The molecular weight excluding hydrogens is 375 g/mol. The molecule has 12 heteroatoms. The van der Waals surface area contributed by atoms with Gasteiger partial charge in [0.05, 0.1) is 18.1 Å². The fourth-order valence-electron chi connectivity index (χ4n) is 2.29. The molecule has 0 radical (unpaired) electrons. The lowest BCUT2D eigenvalue weighted by Crippen LogP contribution is -2.30. The van der Waals surface area contributed by atoms with Gasteiger partial charge in [0.25, 0.3) is 0 Å². The van der Waals surface area contributed by atoms with Crippen molar-refractivity contribution < 1.29 is 24.1 Å². The highest BCUT2D eigenvalue weighted by Crippen LogP contribution is 2.34. The van der Waals surface area contributed by atoms with Gasteiger partial charge in [-0.25, -0.2) is 4.98 Å². The highest BCUT2D eigenvalue weighted by atomic mass is 19.4. The molecule has 0 spiro atoms. The summed E-state index contributed by atoms with van der Waals surface area (Å²) in [5, 5.41) is 16.2. The van der Waals surface area contributed by atoms with Crippen LogP contribution in [0, 0.1) is 0 Å². The Morgan fingerprint density at radius 2 is 2.00 bits per heavy atom. The largest absolute Gasteiger partial charge is 0.421 e. The summed E-state index contributed by atoms with van der Waals surface area (Å²) in [5.74, 6) is -1.99. The average Bonchev–Trinajstić information content (AvgIpc) is 3.36. The normalized spacial score (nSPS) is 17.9. The molecule has 0 fully saturated rings. The van der Waals surface area contributed by atoms with Crippen molar-refractivity contribution in [3.05, 3.63) is 35.9 Å². The summed E-state index contributed by atoms with van der Waals surface area (Å²) in [6.45, 7) is -6.16. The van der Waals surface area contributed by atoms with Gasteiger partial charge < -0.3 is 10.6 Å². The van der Waals surface area contributed by atoms with Crippen LogP contribution in [-0.2, 0) is 18.7 Å². The molecule has 0 aliphatic carbocycles. The lowest BCUT2D eigenvalue weighted by molar-refractivity contribution is -0.137. The van der Waals surface area contributed by atoms with Gasteiger partial charge in [-0.3, -0.25) is 4.68 Å². The summed E-state index contributed by atoms with van der Waals surface area (Å²) in [4.78, 5) is 8.39. The van der Waals surface area contributed by atoms with E-state index in [2.05, 4.69) is 30.6 Å². The highest BCUT2D eigenvalue weighted by Gasteiger charge is 2.35. The molecule has 0 aliphatic heterocycles. The Balaban J connectivity index is 2.07. The molecule has 0 atom stereocenters. The molecule has 0 bridgehead atoms. The fraction of sp³-hybridized carbons (Fsp3) is 0.438. The van der Waals surface area contributed by atoms with Crippen molar-refractivity contribution in [2.45, 2.75) is 32.4 Å². The Morgan fingerprint density at radius 1 is 1.25 bits per heavy atom. The van der Waals surface area contributed by atoms with Crippen molar-refractivity contribution in [3.8, 4) is 0 Å². The van der Waals surface area contributed by atoms with E-state index in [1.54, 1.807) is 19.2 Å². The molecule has 150 valence electrons. The van der Waals surface area contributed by atoms with Gasteiger partial charge >= 0.3 is 6.18 Å². The van der Waals surface area contributed by atoms with Gasteiger partial charge in [0.15, 0.2) is 0 Å². The number of nitrogens with zero attached hydrogens (tertiary/aromatic N) is 7. The second kappa shape index (κ2) is 7.09. The van der Waals surface area contributed by atoms with E-state index in [1.807, 2.05) is 0 Å². The minimum atomic E-state index is -5.06. The molecule has 2 N–H and O–H groups in total. The molecule has 3 heterocycles. The fourth-order valence-corrected chi connectivity index (χ4v) is 2.29. The van der Waals surface area contributed by atoms with Gasteiger partial charge in [-0.05, 0) is 20.7 Å². The quantitative estimate of drug-likeness (QED) is 0.653. The summed E-state index contributed by atoms with van der Waals surface area (Å²) in [7, 11) is 0. The monoisotopic (exact) mass is 403 g/mol. The third-order valence-electron chi connectivity index (χ3n) is 3.77. The molecule has 3 aromatic rings. The molecule has 0 aromatic carbocycles. The van der Waals surface area contributed by atoms with Crippen LogP contribution in [0.15, 0.2) is 24.7 Å². The zero-order chi connectivity index (χ0) is 27.3.